The average Bonchev–Trinajstić information content (AvgIpc) is 2.53. The highest BCUT2D eigenvalue weighted by Crippen LogP contribution is 2.05. The van der Waals surface area contributed by atoms with Crippen LogP contribution in [0.15, 0.2) is 24.3 Å². The van der Waals surface area contributed by atoms with Crippen LogP contribution in [0.5, 0.6) is 0 Å². The first kappa shape index (κ1) is 21.6. The molecule has 0 spiro atoms. The van der Waals surface area contributed by atoms with Crippen LogP contribution in [0.1, 0.15) is 90.9 Å². The second-order valence-corrected chi connectivity index (χ2v) is 5.86. The van der Waals surface area contributed by atoms with Crippen molar-refractivity contribution < 1.29 is 14.3 Å². The summed E-state index contributed by atoms with van der Waals surface area (Å²) in [6.45, 7) is 4.34. The van der Waals surface area contributed by atoms with Gasteiger partial charge in [0.25, 0.3) is 0 Å². The van der Waals surface area contributed by atoms with Crippen LogP contribution >= 0.6 is 0 Å². The second-order valence-electron chi connectivity index (χ2n) is 5.86. The summed E-state index contributed by atoms with van der Waals surface area (Å²) in [6.07, 6.45) is 19.4. The van der Waals surface area contributed by atoms with Gasteiger partial charge in [-0.1, -0.05) is 63.8 Å². The van der Waals surface area contributed by atoms with Gasteiger partial charge >= 0.3 is 11.9 Å². The SMILES string of the molecule is CCCC/C=C\CCCC(=O)OC(=O)CCC/C=C\CCCC. The predicted molar refractivity (Wildman–Crippen MR) is 96.1 cm³/mol. The number of allylic oxidation sites excluding steroid dienone is 4. The standard InChI is InChI=1S/C20H34O3/c1-3-5-7-9-11-13-15-17-19(21)23-20(22)18-16-14-12-10-8-6-4-2/h9-12H,3-8,13-18H2,1-2H3/b11-9-,12-10-. The molecule has 0 atom stereocenters. The maximum atomic E-state index is 11.5. The molecule has 0 aromatic heterocycles. The van der Waals surface area contributed by atoms with Gasteiger partial charge in [0.1, 0.15) is 0 Å². The molecule has 0 bridgehead atoms. The summed E-state index contributed by atoms with van der Waals surface area (Å²) in [7, 11) is 0. The van der Waals surface area contributed by atoms with E-state index in [4.69, 9.17) is 4.74 Å². The summed E-state index contributed by atoms with van der Waals surface area (Å²) < 4.78 is 4.81. The Morgan fingerprint density at radius 2 is 1.00 bits per heavy atom. The fraction of sp³-hybridized carbons (Fsp3) is 0.700. The molecule has 0 aliphatic rings. The van der Waals surface area contributed by atoms with Gasteiger partial charge in [-0.2, -0.15) is 0 Å². The van der Waals surface area contributed by atoms with E-state index in [2.05, 4.69) is 38.2 Å². The molecule has 0 aromatic carbocycles. The van der Waals surface area contributed by atoms with Gasteiger partial charge in [-0.3, -0.25) is 9.59 Å². The molecule has 0 saturated heterocycles. The number of hydrogen-bond donors (Lipinski definition) is 0. The molecule has 0 aliphatic carbocycles. The molecule has 0 amide bonds. The lowest BCUT2D eigenvalue weighted by Gasteiger charge is -2.01. The van der Waals surface area contributed by atoms with Crippen molar-refractivity contribution in [2.45, 2.75) is 90.9 Å². The number of ether oxygens (including phenoxy) is 1. The molecule has 0 aliphatic heterocycles. The van der Waals surface area contributed by atoms with E-state index in [9.17, 15) is 9.59 Å². The van der Waals surface area contributed by atoms with Crippen molar-refractivity contribution in [2.75, 3.05) is 0 Å². The third-order valence-electron chi connectivity index (χ3n) is 3.51. The minimum Gasteiger partial charge on any atom is -0.393 e. The van der Waals surface area contributed by atoms with Gasteiger partial charge in [0.15, 0.2) is 0 Å². The van der Waals surface area contributed by atoms with Crippen molar-refractivity contribution in [1.29, 1.82) is 0 Å². The molecule has 3 heteroatoms. The summed E-state index contributed by atoms with van der Waals surface area (Å²) in [5, 5.41) is 0. The summed E-state index contributed by atoms with van der Waals surface area (Å²) in [5.74, 6) is -0.786. The van der Waals surface area contributed by atoms with Crippen molar-refractivity contribution in [1.82, 2.24) is 0 Å². The molecule has 0 unspecified atom stereocenters. The maximum Gasteiger partial charge on any atom is 0.313 e. The zero-order chi connectivity index (χ0) is 17.2. The quantitative estimate of drug-likeness (QED) is 0.173. The summed E-state index contributed by atoms with van der Waals surface area (Å²) >= 11 is 0. The van der Waals surface area contributed by atoms with Crippen LogP contribution in [0.25, 0.3) is 0 Å². The molecule has 23 heavy (non-hydrogen) atoms. The Bertz CT molecular complexity index is 322. The molecule has 0 radical (unpaired) electrons. The largest absolute Gasteiger partial charge is 0.393 e. The van der Waals surface area contributed by atoms with Gasteiger partial charge in [0.2, 0.25) is 0 Å². The van der Waals surface area contributed by atoms with Gasteiger partial charge < -0.3 is 4.74 Å². The van der Waals surface area contributed by atoms with Gasteiger partial charge in [-0.25, -0.2) is 0 Å². The fourth-order valence-corrected chi connectivity index (χ4v) is 2.07. The fourth-order valence-electron chi connectivity index (χ4n) is 2.07. The molecule has 0 fully saturated rings. The molecule has 3 nitrogen and oxygen atoms in total. The average molecular weight is 322 g/mol. The summed E-state index contributed by atoms with van der Waals surface area (Å²) in [5.41, 5.74) is 0. The van der Waals surface area contributed by atoms with Crippen LogP contribution < -0.4 is 0 Å². The molecule has 0 N–H and O–H groups in total. The van der Waals surface area contributed by atoms with Crippen molar-refractivity contribution in [3.05, 3.63) is 24.3 Å². The van der Waals surface area contributed by atoms with Crippen molar-refractivity contribution in [2.24, 2.45) is 0 Å². The monoisotopic (exact) mass is 322 g/mol. The Balaban J connectivity index is 3.53. The molecular weight excluding hydrogens is 288 g/mol. The van der Waals surface area contributed by atoms with Crippen molar-refractivity contribution >= 4 is 11.9 Å². The number of carbonyl (C=O) groups excluding carboxylic acids is 2. The minimum atomic E-state index is -0.393. The van der Waals surface area contributed by atoms with Gasteiger partial charge in [-0.05, 0) is 38.5 Å². The van der Waals surface area contributed by atoms with Crippen LogP contribution in [0.2, 0.25) is 0 Å². The van der Waals surface area contributed by atoms with Crippen LogP contribution in [-0.2, 0) is 14.3 Å². The van der Waals surface area contributed by atoms with E-state index in [1.807, 2.05) is 0 Å². The Hall–Kier alpha value is -1.38. The topological polar surface area (TPSA) is 43.4 Å². The van der Waals surface area contributed by atoms with Gasteiger partial charge in [-0.15, -0.1) is 0 Å². The zero-order valence-corrected chi connectivity index (χ0v) is 15.0. The predicted octanol–water partition coefficient (Wildman–Crippen LogP) is 5.89. The van der Waals surface area contributed by atoms with Crippen LogP contribution in [0.3, 0.4) is 0 Å². The van der Waals surface area contributed by atoms with E-state index in [1.165, 1.54) is 25.7 Å². The van der Waals surface area contributed by atoms with Crippen molar-refractivity contribution in [3.8, 4) is 0 Å². The highest BCUT2D eigenvalue weighted by molar-refractivity contribution is 5.85. The lowest BCUT2D eigenvalue weighted by molar-refractivity contribution is -0.159. The van der Waals surface area contributed by atoms with Crippen LogP contribution in [-0.4, -0.2) is 11.9 Å². The van der Waals surface area contributed by atoms with Gasteiger partial charge in [0.05, 0.1) is 0 Å². The third-order valence-corrected chi connectivity index (χ3v) is 3.51. The number of rotatable bonds is 14. The lowest BCUT2D eigenvalue weighted by atomic mass is 10.2. The van der Waals surface area contributed by atoms with Crippen LogP contribution in [0, 0.1) is 0 Å². The van der Waals surface area contributed by atoms with Crippen molar-refractivity contribution in [3.63, 3.8) is 0 Å². The number of hydrogen-bond acceptors (Lipinski definition) is 3. The van der Waals surface area contributed by atoms with E-state index in [0.29, 0.717) is 12.8 Å². The molecule has 0 saturated carbocycles. The Morgan fingerprint density at radius 3 is 1.35 bits per heavy atom. The number of unbranched alkanes of at least 4 members (excludes halogenated alkanes) is 6. The number of esters is 2. The first-order chi connectivity index (χ1) is 11.2. The molecule has 0 heterocycles. The summed E-state index contributed by atoms with van der Waals surface area (Å²) in [6, 6.07) is 0. The van der Waals surface area contributed by atoms with E-state index in [1.54, 1.807) is 0 Å². The van der Waals surface area contributed by atoms with Crippen LogP contribution in [0.4, 0.5) is 0 Å². The van der Waals surface area contributed by atoms with E-state index >= 15 is 0 Å². The second kappa shape index (κ2) is 17.0. The highest BCUT2D eigenvalue weighted by atomic mass is 16.6. The first-order valence-electron chi connectivity index (χ1n) is 9.24. The molecule has 0 rings (SSSR count). The zero-order valence-electron chi connectivity index (χ0n) is 15.0. The normalized spacial score (nSPS) is 11.4. The van der Waals surface area contributed by atoms with E-state index in [-0.39, 0.29) is 0 Å². The molecular formula is C20H34O3. The van der Waals surface area contributed by atoms with Gasteiger partial charge in [0, 0.05) is 12.8 Å². The number of carbonyl (C=O) groups is 2. The lowest BCUT2D eigenvalue weighted by Crippen LogP contribution is -2.11. The minimum absolute atomic E-state index is 0.320. The van der Waals surface area contributed by atoms with E-state index < -0.39 is 11.9 Å². The Labute approximate surface area is 142 Å². The van der Waals surface area contributed by atoms with E-state index in [0.717, 1.165) is 38.5 Å². The highest BCUT2D eigenvalue weighted by Gasteiger charge is 2.09. The first-order valence-corrected chi connectivity index (χ1v) is 9.24. The molecule has 0 aromatic rings. The molecule has 132 valence electrons. The smallest absolute Gasteiger partial charge is 0.313 e. The summed E-state index contributed by atoms with van der Waals surface area (Å²) in [4.78, 5) is 23.0. The third kappa shape index (κ3) is 16.8. The Kier molecular flexibility index (Phi) is 16.0. The Morgan fingerprint density at radius 1 is 0.652 bits per heavy atom. The maximum absolute atomic E-state index is 11.5.